The fourth-order valence-corrected chi connectivity index (χ4v) is 1.81. The number of nitrogen functional groups attached to an aromatic ring is 1. The lowest BCUT2D eigenvalue weighted by atomic mass is 9.97. The molecule has 0 fully saturated rings. The summed E-state index contributed by atoms with van der Waals surface area (Å²) >= 11 is 0. The van der Waals surface area contributed by atoms with Gasteiger partial charge in [-0.1, -0.05) is 18.2 Å². The lowest BCUT2D eigenvalue weighted by molar-refractivity contribution is 0.0653. The highest BCUT2D eigenvalue weighted by Gasteiger charge is 2.20. The molecule has 0 unspecified atom stereocenters. The molecule has 86 valence electrons. The van der Waals surface area contributed by atoms with Crippen LogP contribution in [0.3, 0.4) is 0 Å². The van der Waals surface area contributed by atoms with Crippen molar-refractivity contribution in [3.05, 3.63) is 41.5 Å². The van der Waals surface area contributed by atoms with Gasteiger partial charge in [-0.15, -0.1) is 0 Å². The van der Waals surface area contributed by atoms with Crippen molar-refractivity contribution in [2.75, 3.05) is 5.73 Å². The molecule has 0 aliphatic heterocycles. The molecule has 0 atom stereocenters. The molecule has 2 rings (SSSR count). The Kier molecular flexibility index (Phi) is 2.44. The minimum atomic E-state index is -1.30. The quantitative estimate of drug-likeness (QED) is 0.684. The van der Waals surface area contributed by atoms with Crippen LogP contribution in [0, 0.1) is 0 Å². The second-order valence-corrected chi connectivity index (χ2v) is 3.54. The minimum Gasteiger partial charge on any atom is -0.478 e. The number of carbonyl (C=O) groups is 2. The van der Waals surface area contributed by atoms with E-state index in [9.17, 15) is 9.59 Å². The lowest BCUT2D eigenvalue weighted by Gasteiger charge is -2.08. The van der Waals surface area contributed by atoms with E-state index < -0.39 is 11.9 Å². The first-order chi connectivity index (χ1) is 8.02. The van der Waals surface area contributed by atoms with E-state index in [2.05, 4.69) is 0 Å². The van der Waals surface area contributed by atoms with Gasteiger partial charge in [-0.05, 0) is 17.5 Å². The largest absolute Gasteiger partial charge is 0.478 e. The van der Waals surface area contributed by atoms with Crippen molar-refractivity contribution in [2.45, 2.75) is 0 Å². The third kappa shape index (κ3) is 1.67. The molecule has 0 saturated carbocycles. The topological polar surface area (TPSA) is 101 Å². The molecule has 5 heteroatoms. The molecule has 0 aliphatic rings. The fourth-order valence-electron chi connectivity index (χ4n) is 1.81. The second-order valence-electron chi connectivity index (χ2n) is 3.54. The molecule has 0 amide bonds. The molecule has 0 heterocycles. The van der Waals surface area contributed by atoms with Gasteiger partial charge in [0.25, 0.3) is 0 Å². The van der Waals surface area contributed by atoms with Crippen LogP contribution in [-0.4, -0.2) is 22.2 Å². The maximum Gasteiger partial charge on any atom is 0.337 e. The molecule has 0 bridgehead atoms. The zero-order valence-electron chi connectivity index (χ0n) is 8.68. The van der Waals surface area contributed by atoms with Crippen LogP contribution in [0.2, 0.25) is 0 Å². The molecule has 0 saturated heterocycles. The Hall–Kier alpha value is -2.56. The summed E-state index contributed by atoms with van der Waals surface area (Å²) in [7, 11) is 0. The Labute approximate surface area is 96.1 Å². The third-order valence-corrected chi connectivity index (χ3v) is 2.52. The summed E-state index contributed by atoms with van der Waals surface area (Å²) in [5, 5.41) is 18.9. The van der Waals surface area contributed by atoms with Gasteiger partial charge in [0.1, 0.15) is 0 Å². The number of hydrogen-bond acceptors (Lipinski definition) is 3. The number of aromatic carboxylic acids is 2. The predicted octanol–water partition coefficient (Wildman–Crippen LogP) is 1.82. The zero-order chi connectivity index (χ0) is 12.6. The molecular weight excluding hydrogens is 222 g/mol. The van der Waals surface area contributed by atoms with Crippen molar-refractivity contribution >= 4 is 28.4 Å². The van der Waals surface area contributed by atoms with Crippen LogP contribution in [0.5, 0.6) is 0 Å². The molecule has 0 radical (unpaired) electrons. The minimum absolute atomic E-state index is 0.253. The number of hydrogen-bond donors (Lipinski definition) is 3. The first-order valence-electron chi connectivity index (χ1n) is 4.80. The molecular formula is C12H9NO4. The zero-order valence-corrected chi connectivity index (χ0v) is 8.68. The maximum atomic E-state index is 11.2. The maximum absolute atomic E-state index is 11.2. The number of carboxylic acids is 2. The number of anilines is 1. The van der Waals surface area contributed by atoms with E-state index in [4.69, 9.17) is 15.9 Å². The van der Waals surface area contributed by atoms with Gasteiger partial charge in [0.05, 0.1) is 11.1 Å². The highest BCUT2D eigenvalue weighted by atomic mass is 16.4. The van der Waals surface area contributed by atoms with Crippen LogP contribution in [-0.2, 0) is 0 Å². The Morgan fingerprint density at radius 2 is 1.71 bits per heavy atom. The van der Waals surface area contributed by atoms with Crippen molar-refractivity contribution in [1.82, 2.24) is 0 Å². The predicted molar refractivity (Wildman–Crippen MR) is 62.3 cm³/mol. The van der Waals surface area contributed by atoms with Gasteiger partial charge in [-0.25, -0.2) is 9.59 Å². The first kappa shape index (κ1) is 10.9. The Balaban J connectivity index is 2.98. The van der Waals surface area contributed by atoms with E-state index in [0.29, 0.717) is 5.39 Å². The van der Waals surface area contributed by atoms with Gasteiger partial charge in [0.2, 0.25) is 0 Å². The second kappa shape index (κ2) is 3.79. The van der Waals surface area contributed by atoms with Gasteiger partial charge in [-0.2, -0.15) is 0 Å². The molecule has 17 heavy (non-hydrogen) atoms. The van der Waals surface area contributed by atoms with E-state index in [1.165, 1.54) is 6.07 Å². The average molecular weight is 231 g/mol. The average Bonchev–Trinajstić information content (AvgIpc) is 2.27. The van der Waals surface area contributed by atoms with E-state index in [-0.39, 0.29) is 22.2 Å². The fraction of sp³-hybridized carbons (Fsp3) is 0. The highest BCUT2D eigenvalue weighted by Crippen LogP contribution is 2.27. The highest BCUT2D eigenvalue weighted by molar-refractivity contribution is 6.14. The summed E-state index contributed by atoms with van der Waals surface area (Å²) in [5.74, 6) is -2.58. The van der Waals surface area contributed by atoms with Crippen molar-refractivity contribution < 1.29 is 19.8 Å². The van der Waals surface area contributed by atoms with E-state index in [0.717, 1.165) is 0 Å². The SMILES string of the molecule is Nc1cccc2ccc(C(=O)O)c(C(=O)O)c12. The van der Waals surface area contributed by atoms with Gasteiger partial charge < -0.3 is 15.9 Å². The van der Waals surface area contributed by atoms with Gasteiger partial charge >= 0.3 is 11.9 Å². The van der Waals surface area contributed by atoms with Crippen LogP contribution in [0.15, 0.2) is 30.3 Å². The molecule has 2 aromatic carbocycles. The third-order valence-electron chi connectivity index (χ3n) is 2.52. The van der Waals surface area contributed by atoms with Gasteiger partial charge in [-0.3, -0.25) is 0 Å². The van der Waals surface area contributed by atoms with E-state index in [1.807, 2.05) is 0 Å². The molecule has 5 nitrogen and oxygen atoms in total. The number of nitrogens with two attached hydrogens (primary N) is 1. The Morgan fingerprint density at radius 3 is 2.29 bits per heavy atom. The normalized spacial score (nSPS) is 10.4. The standard InChI is InChI=1S/C12H9NO4/c13-8-3-1-2-6-4-5-7(11(14)15)10(9(6)8)12(16)17/h1-5H,13H2,(H,14,15)(H,16,17). The van der Waals surface area contributed by atoms with Crippen molar-refractivity contribution in [3.8, 4) is 0 Å². The lowest BCUT2D eigenvalue weighted by Crippen LogP contribution is -2.09. The number of rotatable bonds is 2. The van der Waals surface area contributed by atoms with Crippen LogP contribution in [0.25, 0.3) is 10.8 Å². The molecule has 2 aromatic rings. The smallest absolute Gasteiger partial charge is 0.337 e. The van der Waals surface area contributed by atoms with Crippen LogP contribution >= 0.6 is 0 Å². The number of fused-ring (bicyclic) bond motifs is 1. The summed E-state index contributed by atoms with van der Waals surface area (Å²) < 4.78 is 0. The summed E-state index contributed by atoms with van der Waals surface area (Å²) in [4.78, 5) is 22.2. The van der Waals surface area contributed by atoms with Crippen molar-refractivity contribution in [3.63, 3.8) is 0 Å². The summed E-state index contributed by atoms with van der Waals surface area (Å²) in [6.45, 7) is 0. The van der Waals surface area contributed by atoms with Gasteiger partial charge in [0.15, 0.2) is 0 Å². The summed E-state index contributed by atoms with van der Waals surface area (Å²) in [6.07, 6.45) is 0. The van der Waals surface area contributed by atoms with Crippen LogP contribution in [0.4, 0.5) is 5.69 Å². The molecule has 4 N–H and O–H groups in total. The molecule has 0 spiro atoms. The van der Waals surface area contributed by atoms with Crippen molar-refractivity contribution in [2.24, 2.45) is 0 Å². The number of carboxylic acid groups (broad SMARTS) is 2. The number of benzene rings is 2. The van der Waals surface area contributed by atoms with Crippen LogP contribution in [0.1, 0.15) is 20.7 Å². The summed E-state index contributed by atoms with van der Waals surface area (Å²) in [5.41, 5.74) is 5.43. The van der Waals surface area contributed by atoms with Crippen molar-refractivity contribution in [1.29, 1.82) is 0 Å². The van der Waals surface area contributed by atoms with E-state index >= 15 is 0 Å². The molecule has 0 aromatic heterocycles. The Morgan fingerprint density at radius 1 is 1.00 bits per heavy atom. The Bertz CT molecular complexity index is 634. The monoisotopic (exact) mass is 231 g/mol. The first-order valence-corrected chi connectivity index (χ1v) is 4.80. The van der Waals surface area contributed by atoms with Crippen LogP contribution < -0.4 is 5.73 Å². The summed E-state index contributed by atoms with van der Waals surface area (Å²) in [6, 6.07) is 7.73. The van der Waals surface area contributed by atoms with E-state index in [1.54, 1.807) is 24.3 Å². The van der Waals surface area contributed by atoms with Gasteiger partial charge in [0, 0.05) is 11.1 Å². The molecule has 0 aliphatic carbocycles.